The van der Waals surface area contributed by atoms with Crippen LogP contribution in [0.2, 0.25) is 0 Å². The van der Waals surface area contributed by atoms with Crippen molar-refractivity contribution in [2.45, 2.75) is 57.6 Å². The van der Waals surface area contributed by atoms with E-state index in [0.29, 0.717) is 19.4 Å². The molecule has 5 nitrogen and oxygen atoms in total. The molecule has 148 valence electrons. The molecule has 0 spiro atoms. The summed E-state index contributed by atoms with van der Waals surface area (Å²) in [7, 11) is 0. The fourth-order valence-electron chi connectivity index (χ4n) is 4.23. The van der Waals surface area contributed by atoms with Crippen LogP contribution < -0.4 is 15.4 Å². The smallest absolute Gasteiger partial charge is 0.319 e. The van der Waals surface area contributed by atoms with E-state index in [-0.39, 0.29) is 23.6 Å². The first kappa shape index (κ1) is 18.8. The summed E-state index contributed by atoms with van der Waals surface area (Å²) < 4.78 is 5.98. The predicted octanol–water partition coefficient (Wildman–Crippen LogP) is 4.09. The normalized spacial score (nSPS) is 20.7. The molecule has 0 saturated heterocycles. The number of hydrogen-bond donors (Lipinski definition) is 3. The van der Waals surface area contributed by atoms with Crippen molar-refractivity contribution in [3.05, 3.63) is 58.7 Å². The lowest BCUT2D eigenvalue weighted by Gasteiger charge is -2.31. The van der Waals surface area contributed by atoms with Crippen LogP contribution in [-0.4, -0.2) is 23.8 Å². The second-order valence-electron chi connectivity index (χ2n) is 8.77. The van der Waals surface area contributed by atoms with Gasteiger partial charge in [0.15, 0.2) is 0 Å². The van der Waals surface area contributed by atoms with Gasteiger partial charge in [0.1, 0.15) is 5.75 Å². The molecule has 2 aliphatic rings. The Labute approximate surface area is 166 Å². The minimum atomic E-state index is -0.362. The Morgan fingerprint density at radius 1 is 1.14 bits per heavy atom. The second-order valence-corrected chi connectivity index (χ2v) is 8.77. The molecule has 2 aromatic carbocycles. The lowest BCUT2D eigenvalue weighted by atomic mass is 9.83. The maximum atomic E-state index is 12.7. The molecule has 2 aromatic rings. The maximum absolute atomic E-state index is 12.7. The SMILES string of the molecule is CC(C)(C)c1cccc2c1OCC[C@H]2NC(=O)Nc1cccc2c1C[C@H](O)C2. The first-order valence-corrected chi connectivity index (χ1v) is 9.95. The Bertz CT molecular complexity index is 901. The lowest BCUT2D eigenvalue weighted by molar-refractivity contribution is 0.187. The molecule has 0 bridgehead atoms. The monoisotopic (exact) mass is 380 g/mol. The van der Waals surface area contributed by atoms with Crippen molar-refractivity contribution in [2.24, 2.45) is 0 Å². The Morgan fingerprint density at radius 2 is 1.93 bits per heavy atom. The van der Waals surface area contributed by atoms with Gasteiger partial charge in [-0.1, -0.05) is 51.1 Å². The molecule has 2 atom stereocenters. The molecular weight excluding hydrogens is 352 g/mol. The average molecular weight is 380 g/mol. The third kappa shape index (κ3) is 3.59. The summed E-state index contributed by atoms with van der Waals surface area (Å²) in [5.41, 5.74) is 5.08. The number of para-hydroxylation sites is 1. The van der Waals surface area contributed by atoms with Crippen molar-refractivity contribution in [3.8, 4) is 5.75 Å². The standard InChI is InChI=1S/C23H28N2O3/c1-23(2,3)18-8-5-7-16-20(10-11-28-21(16)18)25-22(27)24-19-9-4-6-14-12-15(26)13-17(14)19/h4-9,15,20,26H,10-13H2,1-3H3,(H2,24,25,27)/t15-,20-/m1/s1. The summed E-state index contributed by atoms with van der Waals surface area (Å²) in [6.07, 6.45) is 1.61. The van der Waals surface area contributed by atoms with E-state index in [1.54, 1.807) is 0 Å². The van der Waals surface area contributed by atoms with E-state index in [1.807, 2.05) is 30.3 Å². The highest BCUT2D eigenvalue weighted by atomic mass is 16.5. The van der Waals surface area contributed by atoms with Crippen LogP contribution >= 0.6 is 0 Å². The van der Waals surface area contributed by atoms with Crippen LogP contribution in [0.25, 0.3) is 0 Å². The van der Waals surface area contributed by atoms with E-state index in [2.05, 4.69) is 37.5 Å². The van der Waals surface area contributed by atoms with E-state index >= 15 is 0 Å². The largest absolute Gasteiger partial charge is 0.493 e. The van der Waals surface area contributed by atoms with Gasteiger partial charge in [-0.2, -0.15) is 0 Å². The lowest BCUT2D eigenvalue weighted by Crippen LogP contribution is -2.36. The number of benzene rings is 2. The molecule has 0 unspecified atom stereocenters. The number of ether oxygens (including phenoxy) is 1. The van der Waals surface area contributed by atoms with Crippen LogP contribution in [0.1, 0.15) is 55.5 Å². The van der Waals surface area contributed by atoms with Crippen LogP contribution in [0.15, 0.2) is 36.4 Å². The van der Waals surface area contributed by atoms with Crippen LogP contribution in [-0.2, 0) is 18.3 Å². The van der Waals surface area contributed by atoms with Gasteiger partial charge < -0.3 is 20.5 Å². The van der Waals surface area contributed by atoms with Crippen molar-refractivity contribution in [2.75, 3.05) is 11.9 Å². The van der Waals surface area contributed by atoms with Crippen LogP contribution in [0.3, 0.4) is 0 Å². The number of anilines is 1. The number of urea groups is 1. The zero-order chi connectivity index (χ0) is 19.9. The Morgan fingerprint density at radius 3 is 2.71 bits per heavy atom. The van der Waals surface area contributed by atoms with E-state index in [1.165, 1.54) is 0 Å². The molecule has 1 heterocycles. The van der Waals surface area contributed by atoms with Gasteiger partial charge in [0.25, 0.3) is 0 Å². The van der Waals surface area contributed by atoms with Crippen molar-refractivity contribution < 1.29 is 14.6 Å². The summed E-state index contributed by atoms with van der Waals surface area (Å²) in [6, 6.07) is 11.7. The molecule has 5 heteroatoms. The summed E-state index contributed by atoms with van der Waals surface area (Å²) in [5, 5.41) is 16.0. The van der Waals surface area contributed by atoms with Crippen molar-refractivity contribution in [3.63, 3.8) is 0 Å². The quantitative estimate of drug-likeness (QED) is 0.735. The van der Waals surface area contributed by atoms with Crippen LogP contribution in [0.4, 0.5) is 10.5 Å². The van der Waals surface area contributed by atoms with Crippen LogP contribution in [0.5, 0.6) is 5.75 Å². The summed E-state index contributed by atoms with van der Waals surface area (Å²) in [4.78, 5) is 12.7. The Kier molecular flexibility index (Phi) is 4.79. The Balaban J connectivity index is 1.53. The topological polar surface area (TPSA) is 70.6 Å². The highest BCUT2D eigenvalue weighted by Gasteiger charge is 2.29. The van der Waals surface area contributed by atoms with Gasteiger partial charge in [-0.25, -0.2) is 4.79 Å². The average Bonchev–Trinajstić information content (AvgIpc) is 3.02. The molecule has 1 aliphatic carbocycles. The van der Waals surface area contributed by atoms with Crippen molar-refractivity contribution >= 4 is 11.7 Å². The van der Waals surface area contributed by atoms with Gasteiger partial charge >= 0.3 is 6.03 Å². The van der Waals surface area contributed by atoms with Crippen LogP contribution in [0, 0.1) is 0 Å². The van der Waals surface area contributed by atoms with Gasteiger partial charge in [0.2, 0.25) is 0 Å². The molecule has 3 N–H and O–H groups in total. The van der Waals surface area contributed by atoms with Gasteiger partial charge in [-0.15, -0.1) is 0 Å². The number of aliphatic hydroxyl groups is 1. The molecule has 0 fully saturated rings. The van der Waals surface area contributed by atoms with E-state index in [9.17, 15) is 9.90 Å². The minimum Gasteiger partial charge on any atom is -0.493 e. The first-order chi connectivity index (χ1) is 13.3. The summed E-state index contributed by atoms with van der Waals surface area (Å²) >= 11 is 0. The molecule has 2 amide bonds. The fourth-order valence-corrected chi connectivity index (χ4v) is 4.23. The molecule has 4 rings (SSSR count). The molecule has 0 aromatic heterocycles. The van der Waals surface area contributed by atoms with Gasteiger partial charge in [-0.3, -0.25) is 0 Å². The molecule has 1 aliphatic heterocycles. The van der Waals surface area contributed by atoms with E-state index in [0.717, 1.165) is 40.1 Å². The molecule has 28 heavy (non-hydrogen) atoms. The molecule has 0 saturated carbocycles. The zero-order valence-electron chi connectivity index (χ0n) is 16.7. The minimum absolute atomic E-state index is 0.0269. The van der Waals surface area contributed by atoms with Crippen molar-refractivity contribution in [1.29, 1.82) is 0 Å². The van der Waals surface area contributed by atoms with Crippen molar-refractivity contribution in [1.82, 2.24) is 5.32 Å². The third-order valence-electron chi connectivity index (χ3n) is 5.60. The first-order valence-electron chi connectivity index (χ1n) is 9.95. The molecule has 0 radical (unpaired) electrons. The second kappa shape index (κ2) is 7.13. The number of carbonyl (C=O) groups is 1. The predicted molar refractivity (Wildman–Crippen MR) is 110 cm³/mol. The van der Waals surface area contributed by atoms with Gasteiger partial charge in [-0.05, 0) is 34.6 Å². The summed E-state index contributed by atoms with van der Waals surface area (Å²) in [6.45, 7) is 7.08. The number of aliphatic hydroxyl groups excluding tert-OH is 1. The molecular formula is C23H28N2O3. The Hall–Kier alpha value is -2.53. The fraction of sp³-hybridized carbons (Fsp3) is 0.435. The number of rotatable bonds is 2. The number of amides is 2. The zero-order valence-corrected chi connectivity index (χ0v) is 16.7. The summed E-state index contributed by atoms with van der Waals surface area (Å²) in [5.74, 6) is 0.898. The number of nitrogens with one attached hydrogen (secondary N) is 2. The number of carbonyl (C=O) groups excluding carboxylic acids is 1. The maximum Gasteiger partial charge on any atom is 0.319 e. The van der Waals surface area contributed by atoms with E-state index < -0.39 is 0 Å². The highest BCUT2D eigenvalue weighted by molar-refractivity contribution is 5.90. The van der Waals surface area contributed by atoms with Gasteiger partial charge in [0, 0.05) is 24.1 Å². The number of fused-ring (bicyclic) bond motifs is 2. The number of hydrogen-bond acceptors (Lipinski definition) is 3. The highest BCUT2D eigenvalue weighted by Crippen LogP contribution is 2.40. The van der Waals surface area contributed by atoms with E-state index in [4.69, 9.17) is 4.74 Å². The van der Waals surface area contributed by atoms with Gasteiger partial charge in [0.05, 0.1) is 18.8 Å². The third-order valence-corrected chi connectivity index (χ3v) is 5.60.